The Balaban J connectivity index is 1.91. The molecule has 0 unspecified atom stereocenters. The highest BCUT2D eigenvalue weighted by molar-refractivity contribution is 9.10. The average molecular weight is 432 g/mol. The van der Waals surface area contributed by atoms with Gasteiger partial charge >= 0.3 is 11.9 Å². The molecule has 0 N–H and O–H groups in total. The third-order valence-electron chi connectivity index (χ3n) is 4.71. The number of ether oxygens (including phenoxy) is 2. The minimum Gasteiger partial charge on any atom is -0.460 e. The van der Waals surface area contributed by atoms with Crippen molar-refractivity contribution in [3.05, 3.63) is 33.3 Å². The number of hydrogen-bond acceptors (Lipinski definition) is 4. The second-order valence-electron chi connectivity index (χ2n) is 7.05. The molecule has 1 saturated carbocycles. The summed E-state index contributed by atoms with van der Waals surface area (Å²) in [5.74, 6) is 0.199. The Bertz CT molecular complexity index is 632. The molecular formula is C19H24BrClO4. The topological polar surface area (TPSA) is 52.6 Å². The van der Waals surface area contributed by atoms with E-state index < -0.39 is 18.5 Å². The Morgan fingerprint density at radius 3 is 2.72 bits per heavy atom. The number of carbonyl (C=O) groups is 2. The first-order valence-corrected chi connectivity index (χ1v) is 9.76. The van der Waals surface area contributed by atoms with E-state index in [1.807, 2.05) is 0 Å². The molecule has 0 saturated heterocycles. The van der Waals surface area contributed by atoms with Crippen molar-refractivity contribution in [2.24, 2.45) is 17.8 Å². The third kappa shape index (κ3) is 5.71. The van der Waals surface area contributed by atoms with E-state index in [0.717, 1.165) is 19.3 Å². The fourth-order valence-electron chi connectivity index (χ4n) is 3.31. The van der Waals surface area contributed by atoms with Gasteiger partial charge in [-0.15, -0.1) is 0 Å². The molecular weight excluding hydrogens is 408 g/mol. The average Bonchev–Trinajstić information content (AvgIpc) is 2.54. The molecule has 1 aliphatic carbocycles. The van der Waals surface area contributed by atoms with E-state index in [1.165, 1.54) is 0 Å². The standard InChI is InChI=1S/C19H24BrClO4/c1-11(2)14-6-4-12(3)8-17(14)25-18(22)10-24-19(23)15-9-13(20)5-7-16(15)21/h5,7,9,11-12,14,17H,4,6,8,10H2,1-3H3/t12-,14+,17-/m0/s1. The lowest BCUT2D eigenvalue weighted by atomic mass is 9.75. The molecule has 1 aromatic rings. The zero-order valence-electron chi connectivity index (χ0n) is 14.8. The van der Waals surface area contributed by atoms with Gasteiger partial charge in [0.2, 0.25) is 0 Å². The molecule has 138 valence electrons. The van der Waals surface area contributed by atoms with Gasteiger partial charge in [-0.25, -0.2) is 9.59 Å². The van der Waals surface area contributed by atoms with Crippen LogP contribution in [0, 0.1) is 17.8 Å². The van der Waals surface area contributed by atoms with Gasteiger partial charge in [0, 0.05) is 4.47 Å². The Hall–Kier alpha value is -1.07. The fourth-order valence-corrected chi connectivity index (χ4v) is 3.87. The minimum absolute atomic E-state index is 0.107. The van der Waals surface area contributed by atoms with Crippen LogP contribution in [0.3, 0.4) is 0 Å². The van der Waals surface area contributed by atoms with Gasteiger partial charge in [0.15, 0.2) is 6.61 Å². The number of halogens is 2. The Morgan fingerprint density at radius 1 is 1.32 bits per heavy atom. The molecule has 2 rings (SSSR count). The summed E-state index contributed by atoms with van der Waals surface area (Å²) >= 11 is 9.27. The second kappa shape index (κ2) is 9.04. The highest BCUT2D eigenvalue weighted by Gasteiger charge is 2.33. The molecule has 0 heterocycles. The first-order valence-electron chi connectivity index (χ1n) is 8.59. The summed E-state index contributed by atoms with van der Waals surface area (Å²) in [6.45, 7) is 6.07. The van der Waals surface area contributed by atoms with E-state index in [9.17, 15) is 9.59 Å². The van der Waals surface area contributed by atoms with Crippen LogP contribution >= 0.6 is 27.5 Å². The number of carbonyl (C=O) groups excluding carboxylic acids is 2. The van der Waals surface area contributed by atoms with E-state index in [4.69, 9.17) is 21.1 Å². The Kier molecular flexibility index (Phi) is 7.32. The molecule has 3 atom stereocenters. The fraction of sp³-hybridized carbons (Fsp3) is 0.579. The molecule has 4 nitrogen and oxygen atoms in total. The van der Waals surface area contributed by atoms with Crippen LogP contribution in [0.15, 0.2) is 22.7 Å². The summed E-state index contributed by atoms with van der Waals surface area (Å²) < 4.78 is 11.4. The van der Waals surface area contributed by atoms with Crippen LogP contribution < -0.4 is 0 Å². The lowest BCUT2D eigenvalue weighted by Gasteiger charge is -2.36. The van der Waals surface area contributed by atoms with Crippen molar-refractivity contribution in [3.63, 3.8) is 0 Å². The van der Waals surface area contributed by atoms with E-state index in [-0.39, 0.29) is 16.7 Å². The maximum Gasteiger partial charge on any atom is 0.344 e. The molecule has 0 bridgehead atoms. The summed E-state index contributed by atoms with van der Waals surface area (Å²) in [5.41, 5.74) is 0.218. The first-order chi connectivity index (χ1) is 11.8. The number of benzene rings is 1. The van der Waals surface area contributed by atoms with Crippen LogP contribution in [0.1, 0.15) is 50.4 Å². The van der Waals surface area contributed by atoms with Gasteiger partial charge in [-0.3, -0.25) is 0 Å². The summed E-state index contributed by atoms with van der Waals surface area (Å²) in [7, 11) is 0. The molecule has 6 heteroatoms. The molecule has 0 aromatic heterocycles. The van der Waals surface area contributed by atoms with Crippen molar-refractivity contribution in [3.8, 4) is 0 Å². The second-order valence-corrected chi connectivity index (χ2v) is 8.38. The Labute approximate surface area is 162 Å². The van der Waals surface area contributed by atoms with Crippen molar-refractivity contribution < 1.29 is 19.1 Å². The summed E-state index contributed by atoms with van der Waals surface area (Å²) in [6.07, 6.45) is 2.97. The predicted octanol–water partition coefficient (Wildman–Crippen LogP) is 5.26. The largest absolute Gasteiger partial charge is 0.460 e. The predicted molar refractivity (Wildman–Crippen MR) is 101 cm³/mol. The van der Waals surface area contributed by atoms with Crippen LogP contribution in [-0.4, -0.2) is 24.6 Å². The zero-order valence-corrected chi connectivity index (χ0v) is 17.1. The number of esters is 2. The maximum absolute atomic E-state index is 12.1. The van der Waals surface area contributed by atoms with E-state index >= 15 is 0 Å². The highest BCUT2D eigenvalue weighted by atomic mass is 79.9. The van der Waals surface area contributed by atoms with Crippen LogP contribution in [-0.2, 0) is 14.3 Å². The summed E-state index contributed by atoms with van der Waals surface area (Å²) in [5, 5.41) is 0.280. The van der Waals surface area contributed by atoms with Gasteiger partial charge in [-0.1, -0.05) is 54.7 Å². The van der Waals surface area contributed by atoms with Crippen molar-refractivity contribution >= 4 is 39.5 Å². The van der Waals surface area contributed by atoms with Crippen LogP contribution in [0.25, 0.3) is 0 Å². The zero-order chi connectivity index (χ0) is 18.6. The molecule has 0 aliphatic heterocycles. The molecule has 1 aromatic carbocycles. The Morgan fingerprint density at radius 2 is 2.04 bits per heavy atom. The maximum atomic E-state index is 12.1. The minimum atomic E-state index is -0.638. The van der Waals surface area contributed by atoms with E-state index in [2.05, 4.69) is 36.7 Å². The van der Waals surface area contributed by atoms with E-state index in [0.29, 0.717) is 22.2 Å². The summed E-state index contributed by atoms with van der Waals surface area (Å²) in [4.78, 5) is 24.2. The van der Waals surface area contributed by atoms with Gasteiger partial charge in [-0.05, 0) is 48.8 Å². The third-order valence-corrected chi connectivity index (χ3v) is 5.54. The molecule has 0 spiro atoms. The quantitative estimate of drug-likeness (QED) is 0.596. The van der Waals surface area contributed by atoms with Gasteiger partial charge in [0.1, 0.15) is 6.10 Å². The molecule has 0 radical (unpaired) electrons. The van der Waals surface area contributed by atoms with E-state index in [1.54, 1.807) is 18.2 Å². The van der Waals surface area contributed by atoms with Crippen molar-refractivity contribution in [2.75, 3.05) is 6.61 Å². The number of rotatable bonds is 5. The normalized spacial score (nSPS) is 23.4. The molecule has 1 aliphatic rings. The lowest BCUT2D eigenvalue weighted by Crippen LogP contribution is -2.36. The lowest BCUT2D eigenvalue weighted by molar-refractivity contribution is -0.159. The number of hydrogen-bond donors (Lipinski definition) is 0. The van der Waals surface area contributed by atoms with Crippen molar-refractivity contribution in [1.82, 2.24) is 0 Å². The van der Waals surface area contributed by atoms with Gasteiger partial charge in [0.05, 0.1) is 10.6 Å². The summed E-state index contributed by atoms with van der Waals surface area (Å²) in [6, 6.07) is 4.88. The SMILES string of the molecule is CC(C)[C@H]1CC[C@H](C)C[C@@H]1OC(=O)COC(=O)c1cc(Br)ccc1Cl. The first kappa shape index (κ1) is 20.2. The van der Waals surface area contributed by atoms with Crippen LogP contribution in [0.4, 0.5) is 0 Å². The van der Waals surface area contributed by atoms with Crippen LogP contribution in [0.5, 0.6) is 0 Å². The molecule has 25 heavy (non-hydrogen) atoms. The van der Waals surface area contributed by atoms with Gasteiger partial charge in [0.25, 0.3) is 0 Å². The molecule has 0 amide bonds. The smallest absolute Gasteiger partial charge is 0.344 e. The van der Waals surface area contributed by atoms with Gasteiger partial charge < -0.3 is 9.47 Å². The van der Waals surface area contributed by atoms with Crippen molar-refractivity contribution in [2.45, 2.75) is 46.1 Å². The monoisotopic (exact) mass is 430 g/mol. The van der Waals surface area contributed by atoms with Gasteiger partial charge in [-0.2, -0.15) is 0 Å². The highest BCUT2D eigenvalue weighted by Crippen LogP contribution is 2.35. The van der Waals surface area contributed by atoms with Crippen LogP contribution in [0.2, 0.25) is 5.02 Å². The molecule has 1 fully saturated rings. The van der Waals surface area contributed by atoms with Crippen molar-refractivity contribution in [1.29, 1.82) is 0 Å².